The summed E-state index contributed by atoms with van der Waals surface area (Å²) in [6.07, 6.45) is 3.31. The molecule has 0 radical (unpaired) electrons. The van der Waals surface area contributed by atoms with E-state index < -0.39 is 0 Å². The van der Waals surface area contributed by atoms with Crippen LogP contribution in [0.3, 0.4) is 0 Å². The van der Waals surface area contributed by atoms with Crippen LogP contribution in [0.1, 0.15) is 29.6 Å². The molecule has 5 nitrogen and oxygen atoms in total. The van der Waals surface area contributed by atoms with E-state index in [0.717, 1.165) is 25.9 Å². The summed E-state index contributed by atoms with van der Waals surface area (Å²) in [4.78, 5) is 12.2. The SMILES string of the molecule is COc1cc(C(=O)NCCC2CCCO2)cc(OC)c1Br. The van der Waals surface area contributed by atoms with E-state index in [1.54, 1.807) is 26.4 Å². The largest absolute Gasteiger partial charge is 0.495 e. The van der Waals surface area contributed by atoms with Crippen molar-refractivity contribution in [2.24, 2.45) is 0 Å². The molecule has 0 bridgehead atoms. The number of halogens is 1. The third-order valence-electron chi connectivity index (χ3n) is 3.48. The Balaban J connectivity index is 1.97. The van der Waals surface area contributed by atoms with E-state index >= 15 is 0 Å². The first kappa shape index (κ1) is 16.1. The first-order chi connectivity index (χ1) is 10.2. The van der Waals surface area contributed by atoms with Gasteiger partial charge in [-0.1, -0.05) is 0 Å². The second-order valence-electron chi connectivity index (χ2n) is 4.87. The number of amides is 1. The van der Waals surface area contributed by atoms with Gasteiger partial charge in [0.25, 0.3) is 5.91 Å². The Labute approximate surface area is 133 Å². The highest BCUT2D eigenvalue weighted by atomic mass is 79.9. The average molecular weight is 358 g/mol. The van der Waals surface area contributed by atoms with Crippen LogP contribution in [0.5, 0.6) is 11.5 Å². The lowest BCUT2D eigenvalue weighted by Crippen LogP contribution is -2.27. The predicted molar refractivity (Wildman–Crippen MR) is 83.2 cm³/mol. The van der Waals surface area contributed by atoms with Gasteiger partial charge >= 0.3 is 0 Å². The number of carbonyl (C=O) groups is 1. The quantitative estimate of drug-likeness (QED) is 0.850. The van der Waals surface area contributed by atoms with Crippen LogP contribution in [0.15, 0.2) is 16.6 Å². The van der Waals surface area contributed by atoms with Crippen molar-refractivity contribution >= 4 is 21.8 Å². The van der Waals surface area contributed by atoms with Crippen molar-refractivity contribution in [1.82, 2.24) is 5.32 Å². The first-order valence-corrected chi connectivity index (χ1v) is 7.76. The van der Waals surface area contributed by atoms with Crippen LogP contribution in [0.2, 0.25) is 0 Å². The fourth-order valence-electron chi connectivity index (χ4n) is 2.32. The zero-order valence-corrected chi connectivity index (χ0v) is 13.9. The minimum absolute atomic E-state index is 0.142. The van der Waals surface area contributed by atoms with Gasteiger partial charge in [0.05, 0.1) is 20.3 Å². The topological polar surface area (TPSA) is 56.8 Å². The molecule has 0 spiro atoms. The third kappa shape index (κ3) is 4.11. The third-order valence-corrected chi connectivity index (χ3v) is 4.27. The minimum atomic E-state index is -0.142. The number of rotatable bonds is 6. The van der Waals surface area contributed by atoms with Crippen LogP contribution in [0.25, 0.3) is 0 Å². The molecule has 21 heavy (non-hydrogen) atoms. The van der Waals surface area contributed by atoms with Crippen LogP contribution in [-0.4, -0.2) is 39.4 Å². The van der Waals surface area contributed by atoms with E-state index in [1.165, 1.54) is 0 Å². The lowest BCUT2D eigenvalue weighted by atomic mass is 10.1. The van der Waals surface area contributed by atoms with Crippen LogP contribution >= 0.6 is 15.9 Å². The summed E-state index contributed by atoms with van der Waals surface area (Å²) in [5.74, 6) is 0.995. The van der Waals surface area contributed by atoms with Gasteiger partial charge in [0.1, 0.15) is 16.0 Å². The van der Waals surface area contributed by atoms with Gasteiger partial charge in [-0.05, 0) is 47.3 Å². The fourth-order valence-corrected chi connectivity index (χ4v) is 2.87. The Morgan fingerprint density at radius 2 is 2.05 bits per heavy atom. The lowest BCUT2D eigenvalue weighted by molar-refractivity contribution is 0.0906. The van der Waals surface area contributed by atoms with Gasteiger partial charge in [-0.3, -0.25) is 4.79 Å². The minimum Gasteiger partial charge on any atom is -0.495 e. The molecule has 1 N–H and O–H groups in total. The molecule has 1 saturated heterocycles. The highest BCUT2D eigenvalue weighted by Gasteiger charge is 2.17. The molecule has 1 atom stereocenters. The molecule has 1 aliphatic heterocycles. The standard InChI is InChI=1S/C15H20BrNO4/c1-19-12-8-10(9-13(20-2)14(12)16)15(18)17-6-5-11-4-3-7-21-11/h8-9,11H,3-7H2,1-2H3,(H,17,18). The Bertz CT molecular complexity index is 475. The van der Waals surface area contributed by atoms with Crippen molar-refractivity contribution < 1.29 is 19.0 Å². The number of hydrogen-bond donors (Lipinski definition) is 1. The van der Waals surface area contributed by atoms with Crippen LogP contribution in [0.4, 0.5) is 0 Å². The number of hydrogen-bond acceptors (Lipinski definition) is 4. The van der Waals surface area contributed by atoms with Crippen molar-refractivity contribution in [2.45, 2.75) is 25.4 Å². The molecule has 116 valence electrons. The molecule has 1 amide bonds. The normalized spacial score (nSPS) is 17.6. The highest BCUT2D eigenvalue weighted by molar-refractivity contribution is 9.10. The molecular weight excluding hydrogens is 338 g/mol. The smallest absolute Gasteiger partial charge is 0.251 e. The van der Waals surface area contributed by atoms with Crippen molar-refractivity contribution in [3.05, 3.63) is 22.2 Å². The van der Waals surface area contributed by atoms with Crippen molar-refractivity contribution in [2.75, 3.05) is 27.4 Å². The number of nitrogens with one attached hydrogen (secondary N) is 1. The zero-order chi connectivity index (χ0) is 15.2. The monoisotopic (exact) mass is 357 g/mol. The second-order valence-corrected chi connectivity index (χ2v) is 5.67. The molecule has 1 aromatic carbocycles. The Morgan fingerprint density at radius 1 is 1.38 bits per heavy atom. The molecule has 0 aliphatic carbocycles. The van der Waals surface area contributed by atoms with Gasteiger partial charge < -0.3 is 19.5 Å². The predicted octanol–water partition coefficient (Wildman–Crippen LogP) is 2.77. The second kappa shape index (κ2) is 7.66. The van der Waals surface area contributed by atoms with E-state index in [-0.39, 0.29) is 12.0 Å². The van der Waals surface area contributed by atoms with Gasteiger partial charge in [-0.2, -0.15) is 0 Å². The molecule has 0 saturated carbocycles. The van der Waals surface area contributed by atoms with Gasteiger partial charge in [-0.25, -0.2) is 0 Å². The molecule has 1 heterocycles. The first-order valence-electron chi connectivity index (χ1n) is 6.97. The van der Waals surface area contributed by atoms with Crippen molar-refractivity contribution in [1.29, 1.82) is 0 Å². The maximum absolute atomic E-state index is 12.2. The number of methoxy groups -OCH3 is 2. The summed E-state index contributed by atoms with van der Waals surface area (Å²) in [6, 6.07) is 3.38. The van der Waals surface area contributed by atoms with Gasteiger partial charge in [0.2, 0.25) is 0 Å². The fraction of sp³-hybridized carbons (Fsp3) is 0.533. The van der Waals surface area contributed by atoms with E-state index in [1.807, 2.05) is 0 Å². The molecule has 6 heteroatoms. The molecule has 0 aromatic heterocycles. The molecule has 1 unspecified atom stereocenters. The Morgan fingerprint density at radius 3 is 2.57 bits per heavy atom. The molecule has 1 fully saturated rings. The molecule has 1 aromatic rings. The summed E-state index contributed by atoms with van der Waals surface area (Å²) >= 11 is 3.38. The number of benzene rings is 1. The molecule has 2 rings (SSSR count). The number of ether oxygens (including phenoxy) is 3. The maximum atomic E-state index is 12.2. The summed E-state index contributed by atoms with van der Waals surface area (Å²) in [7, 11) is 3.11. The van der Waals surface area contributed by atoms with Crippen molar-refractivity contribution in [3.8, 4) is 11.5 Å². The average Bonchev–Trinajstić information content (AvgIpc) is 3.00. The summed E-state index contributed by atoms with van der Waals surface area (Å²) < 4.78 is 16.7. The molecular formula is C15H20BrNO4. The highest BCUT2D eigenvalue weighted by Crippen LogP contribution is 2.35. The Kier molecular flexibility index (Phi) is 5.87. The summed E-state index contributed by atoms with van der Waals surface area (Å²) in [5.41, 5.74) is 0.513. The maximum Gasteiger partial charge on any atom is 0.251 e. The van der Waals surface area contributed by atoms with Crippen LogP contribution < -0.4 is 14.8 Å². The Hall–Kier alpha value is -1.27. The van der Waals surface area contributed by atoms with Crippen LogP contribution in [0, 0.1) is 0 Å². The lowest BCUT2D eigenvalue weighted by Gasteiger charge is -2.13. The zero-order valence-electron chi connectivity index (χ0n) is 12.3. The van der Waals surface area contributed by atoms with Gasteiger partial charge in [0, 0.05) is 18.7 Å². The van der Waals surface area contributed by atoms with E-state index in [4.69, 9.17) is 14.2 Å². The van der Waals surface area contributed by atoms with Crippen LogP contribution in [-0.2, 0) is 4.74 Å². The summed E-state index contributed by atoms with van der Waals surface area (Å²) in [6.45, 7) is 1.43. The van der Waals surface area contributed by atoms with E-state index in [2.05, 4.69) is 21.2 Å². The summed E-state index contributed by atoms with van der Waals surface area (Å²) in [5, 5.41) is 2.90. The van der Waals surface area contributed by atoms with Gasteiger partial charge in [-0.15, -0.1) is 0 Å². The number of carbonyl (C=O) groups excluding carboxylic acids is 1. The van der Waals surface area contributed by atoms with Crippen molar-refractivity contribution in [3.63, 3.8) is 0 Å². The van der Waals surface area contributed by atoms with E-state index in [0.29, 0.717) is 28.1 Å². The van der Waals surface area contributed by atoms with Gasteiger partial charge in [0.15, 0.2) is 0 Å². The molecule has 1 aliphatic rings. The van der Waals surface area contributed by atoms with E-state index in [9.17, 15) is 4.79 Å².